The number of aromatic nitrogens is 2. The number of fused-ring (bicyclic) bond motifs is 1. The highest BCUT2D eigenvalue weighted by Crippen LogP contribution is 2.30. The molecule has 3 rings (SSSR count). The van der Waals surface area contributed by atoms with Gasteiger partial charge in [-0.3, -0.25) is 4.79 Å². The Bertz CT molecular complexity index is 1110. The van der Waals surface area contributed by atoms with Crippen LogP contribution in [0.4, 0.5) is 13.2 Å². The number of ether oxygens (including phenoxy) is 1. The predicted molar refractivity (Wildman–Crippen MR) is 96.7 cm³/mol. The first kappa shape index (κ1) is 18.8. The Balaban J connectivity index is 2.00. The summed E-state index contributed by atoms with van der Waals surface area (Å²) in [5.41, 5.74) is -0.417. The molecule has 0 saturated carbocycles. The van der Waals surface area contributed by atoms with Crippen molar-refractivity contribution in [2.45, 2.75) is 13.1 Å². The number of rotatable bonds is 3. The third kappa shape index (κ3) is 3.77. The number of aryl methyl sites for hydroxylation is 1. The monoisotopic (exact) mass is 394 g/mol. The minimum atomic E-state index is -4.44. The molecule has 0 aliphatic carbocycles. The summed E-state index contributed by atoms with van der Waals surface area (Å²) in [7, 11) is 1.24. The Morgan fingerprint density at radius 1 is 1.30 bits per heavy atom. The second kappa shape index (κ2) is 6.99. The fraction of sp³-hybridized carbons (Fsp3) is 0.167. The van der Waals surface area contributed by atoms with Crippen LogP contribution in [0.2, 0.25) is 0 Å². The van der Waals surface area contributed by atoms with Crippen LogP contribution in [0.1, 0.15) is 32.2 Å². The molecule has 2 aromatic heterocycles. The van der Waals surface area contributed by atoms with Gasteiger partial charge < -0.3 is 9.72 Å². The highest BCUT2D eigenvalue weighted by atomic mass is 32.1. The number of nitrogens with one attached hydrogen (secondary N) is 1. The Hall–Kier alpha value is -2.94. The number of H-pyrrole nitrogens is 1. The molecule has 140 valence electrons. The van der Waals surface area contributed by atoms with Crippen LogP contribution >= 0.6 is 11.3 Å². The number of hydrogen-bond donors (Lipinski definition) is 1. The maximum atomic E-state index is 12.8. The number of alkyl halides is 3. The van der Waals surface area contributed by atoms with E-state index in [4.69, 9.17) is 0 Å². The van der Waals surface area contributed by atoms with E-state index in [2.05, 4.69) is 14.7 Å². The Kier molecular flexibility index (Phi) is 4.88. The van der Waals surface area contributed by atoms with Gasteiger partial charge in [0.25, 0.3) is 5.56 Å². The van der Waals surface area contributed by atoms with Crippen LogP contribution < -0.4 is 5.56 Å². The van der Waals surface area contributed by atoms with Gasteiger partial charge in [-0.05, 0) is 36.3 Å². The topological polar surface area (TPSA) is 72.0 Å². The summed E-state index contributed by atoms with van der Waals surface area (Å²) in [5.74, 6) is -0.390. The Labute approximate surface area is 155 Å². The highest BCUT2D eigenvalue weighted by Gasteiger charge is 2.30. The molecule has 0 saturated heterocycles. The van der Waals surface area contributed by atoms with Gasteiger partial charge in [0.15, 0.2) is 0 Å². The Morgan fingerprint density at radius 2 is 2.04 bits per heavy atom. The van der Waals surface area contributed by atoms with Crippen molar-refractivity contribution < 1.29 is 22.7 Å². The number of halogens is 3. The fourth-order valence-electron chi connectivity index (χ4n) is 2.52. The van der Waals surface area contributed by atoms with Gasteiger partial charge in [-0.15, -0.1) is 11.3 Å². The van der Waals surface area contributed by atoms with Crippen molar-refractivity contribution in [3.63, 3.8) is 0 Å². The van der Waals surface area contributed by atoms with E-state index >= 15 is 0 Å². The number of methoxy groups -OCH3 is 1. The molecule has 0 amide bonds. The summed E-state index contributed by atoms with van der Waals surface area (Å²) in [4.78, 5) is 31.5. The first-order valence-electron chi connectivity index (χ1n) is 7.68. The lowest BCUT2D eigenvalue weighted by Crippen LogP contribution is -2.09. The van der Waals surface area contributed by atoms with E-state index in [1.165, 1.54) is 31.4 Å². The zero-order valence-corrected chi connectivity index (χ0v) is 15.0. The minimum absolute atomic E-state index is 0.169. The maximum absolute atomic E-state index is 12.8. The smallest absolute Gasteiger partial charge is 0.416 e. The maximum Gasteiger partial charge on any atom is 0.416 e. The molecule has 0 bridgehead atoms. The molecule has 0 aliphatic rings. The first-order chi connectivity index (χ1) is 12.7. The second-order valence-corrected chi connectivity index (χ2v) is 6.63. The van der Waals surface area contributed by atoms with Gasteiger partial charge in [-0.1, -0.05) is 18.2 Å². The number of benzene rings is 1. The molecule has 0 fully saturated rings. The Morgan fingerprint density at radius 3 is 2.70 bits per heavy atom. The zero-order chi connectivity index (χ0) is 19.8. The summed E-state index contributed by atoms with van der Waals surface area (Å²) in [6.45, 7) is 1.63. The molecule has 5 nitrogen and oxygen atoms in total. The van der Waals surface area contributed by atoms with Gasteiger partial charge in [-0.2, -0.15) is 13.2 Å². The molecule has 0 spiro atoms. The first-order valence-corrected chi connectivity index (χ1v) is 8.49. The number of hydrogen-bond acceptors (Lipinski definition) is 5. The molecule has 27 heavy (non-hydrogen) atoms. The van der Waals surface area contributed by atoms with Crippen molar-refractivity contribution in [3.05, 3.63) is 62.0 Å². The van der Waals surface area contributed by atoms with Crippen LogP contribution in [0.15, 0.2) is 29.1 Å². The van der Waals surface area contributed by atoms with Crippen molar-refractivity contribution in [3.8, 4) is 0 Å². The van der Waals surface area contributed by atoms with Crippen molar-refractivity contribution in [1.29, 1.82) is 0 Å². The molecule has 0 atom stereocenters. The molecular weight excluding hydrogens is 381 g/mol. The van der Waals surface area contributed by atoms with Crippen molar-refractivity contribution in [2.75, 3.05) is 7.11 Å². The number of nitrogens with zero attached hydrogens (tertiary/aromatic N) is 1. The van der Waals surface area contributed by atoms with E-state index in [-0.39, 0.29) is 16.1 Å². The van der Waals surface area contributed by atoms with Crippen LogP contribution in [0, 0.1) is 6.92 Å². The SMILES string of the molecule is COC(=O)c1sc2nc(/C=C/c3cccc(C(F)(F)F)c3)[nH]c(=O)c2c1C. The van der Waals surface area contributed by atoms with Crippen molar-refractivity contribution in [2.24, 2.45) is 0 Å². The normalized spacial score (nSPS) is 12.0. The number of carbonyl (C=O) groups excluding carboxylic acids is 1. The van der Waals surface area contributed by atoms with Gasteiger partial charge in [0.2, 0.25) is 0 Å². The predicted octanol–water partition coefficient (Wildman–Crippen LogP) is 4.27. The van der Waals surface area contributed by atoms with Crippen LogP contribution in [-0.2, 0) is 10.9 Å². The number of carbonyl (C=O) groups is 1. The van der Waals surface area contributed by atoms with E-state index in [0.29, 0.717) is 16.0 Å². The van der Waals surface area contributed by atoms with Gasteiger partial charge in [-0.25, -0.2) is 9.78 Å². The van der Waals surface area contributed by atoms with Gasteiger partial charge >= 0.3 is 12.1 Å². The molecule has 2 heterocycles. The lowest BCUT2D eigenvalue weighted by atomic mass is 10.1. The van der Waals surface area contributed by atoms with Crippen LogP contribution in [-0.4, -0.2) is 23.0 Å². The number of thiophene rings is 1. The van der Waals surface area contributed by atoms with E-state index in [0.717, 1.165) is 23.5 Å². The molecule has 1 aromatic carbocycles. The summed E-state index contributed by atoms with van der Waals surface area (Å²) >= 11 is 1.02. The standard InChI is InChI=1S/C18H13F3N2O3S/c1-9-13-15(24)22-12(23-16(13)27-14(9)17(25)26-2)7-6-10-4-3-5-11(8-10)18(19,20)21/h3-8H,1-2H3,(H,22,23,24)/b7-6+. The lowest BCUT2D eigenvalue weighted by Gasteiger charge is -2.06. The molecule has 9 heteroatoms. The van der Waals surface area contributed by atoms with Crippen LogP contribution in [0.25, 0.3) is 22.4 Å². The minimum Gasteiger partial charge on any atom is -0.465 e. The fourth-order valence-corrected chi connectivity index (χ4v) is 3.63. The largest absolute Gasteiger partial charge is 0.465 e. The van der Waals surface area contributed by atoms with E-state index in [9.17, 15) is 22.8 Å². The molecule has 0 radical (unpaired) electrons. The average molecular weight is 394 g/mol. The van der Waals surface area contributed by atoms with E-state index in [1.807, 2.05) is 0 Å². The quantitative estimate of drug-likeness (QED) is 0.674. The molecular formula is C18H13F3N2O3S. The van der Waals surface area contributed by atoms with Gasteiger partial charge in [0.1, 0.15) is 15.5 Å². The van der Waals surface area contributed by atoms with Crippen molar-refractivity contribution in [1.82, 2.24) is 9.97 Å². The molecule has 3 aromatic rings. The third-order valence-electron chi connectivity index (χ3n) is 3.84. The summed E-state index contributed by atoms with van der Waals surface area (Å²) in [6, 6.07) is 4.78. The van der Waals surface area contributed by atoms with Crippen LogP contribution in [0.5, 0.6) is 0 Å². The molecule has 0 aliphatic heterocycles. The van der Waals surface area contributed by atoms with Gasteiger partial charge in [0.05, 0.1) is 18.1 Å². The highest BCUT2D eigenvalue weighted by molar-refractivity contribution is 7.20. The summed E-state index contributed by atoms with van der Waals surface area (Å²) in [6.07, 6.45) is -1.61. The lowest BCUT2D eigenvalue weighted by molar-refractivity contribution is -0.137. The van der Waals surface area contributed by atoms with E-state index in [1.54, 1.807) is 6.92 Å². The molecule has 0 unspecified atom stereocenters. The van der Waals surface area contributed by atoms with Crippen LogP contribution in [0.3, 0.4) is 0 Å². The average Bonchev–Trinajstić information content (AvgIpc) is 2.96. The summed E-state index contributed by atoms with van der Waals surface area (Å²) < 4.78 is 43.0. The summed E-state index contributed by atoms with van der Waals surface area (Å²) in [5, 5.41) is 0.289. The van der Waals surface area contributed by atoms with E-state index < -0.39 is 23.3 Å². The third-order valence-corrected chi connectivity index (χ3v) is 5.00. The van der Waals surface area contributed by atoms with Gasteiger partial charge in [0, 0.05) is 0 Å². The van der Waals surface area contributed by atoms with Crippen molar-refractivity contribution >= 4 is 39.7 Å². The number of esters is 1. The number of aromatic amines is 1. The molecule has 1 N–H and O–H groups in total. The zero-order valence-electron chi connectivity index (χ0n) is 14.2. The second-order valence-electron chi connectivity index (χ2n) is 5.64.